The normalized spacial score (nSPS) is 12.0. The molecule has 0 fully saturated rings. The summed E-state index contributed by atoms with van der Waals surface area (Å²) in [6, 6.07) is 50.8. The van der Waals surface area contributed by atoms with Gasteiger partial charge in [0.1, 0.15) is 5.58 Å². The summed E-state index contributed by atoms with van der Waals surface area (Å²) in [6.07, 6.45) is 0. The number of furan rings is 1. The first kappa shape index (κ1) is 24.3. The van der Waals surface area contributed by atoms with Crippen LogP contribution in [0.2, 0.25) is 0 Å². The lowest BCUT2D eigenvalue weighted by Gasteiger charge is -2.11. The lowest BCUT2D eigenvalue weighted by molar-refractivity contribution is 0.653. The van der Waals surface area contributed by atoms with E-state index in [1.807, 2.05) is 18.2 Å². The van der Waals surface area contributed by atoms with Crippen molar-refractivity contribution in [1.82, 2.24) is 19.1 Å². The van der Waals surface area contributed by atoms with E-state index in [4.69, 9.17) is 14.4 Å². The second kappa shape index (κ2) is 9.15. The Kier molecular flexibility index (Phi) is 4.93. The predicted octanol–water partition coefficient (Wildman–Crippen LogP) is 10.2. The van der Waals surface area contributed by atoms with Gasteiger partial charge in [-0.2, -0.15) is 4.98 Å². The zero-order valence-corrected chi connectivity index (χ0v) is 24.1. The Balaban J connectivity index is 1.30. The summed E-state index contributed by atoms with van der Waals surface area (Å²) in [5, 5.41) is 6.61. The number of nitrogens with zero attached hydrogens (tertiary/aromatic N) is 4. The average Bonchev–Trinajstić information content (AvgIpc) is 3.76. The van der Waals surface area contributed by atoms with E-state index < -0.39 is 0 Å². The van der Waals surface area contributed by atoms with Gasteiger partial charge in [-0.25, -0.2) is 4.98 Å². The molecule has 6 aromatic carbocycles. The first-order valence-corrected chi connectivity index (χ1v) is 15.1. The van der Waals surface area contributed by atoms with Crippen LogP contribution < -0.4 is 0 Å². The van der Waals surface area contributed by atoms with Gasteiger partial charge < -0.3 is 8.98 Å². The fourth-order valence-electron chi connectivity index (χ4n) is 7.01. The van der Waals surface area contributed by atoms with Gasteiger partial charge in [0.15, 0.2) is 11.6 Å². The molecule has 0 spiro atoms. The molecule has 45 heavy (non-hydrogen) atoms. The van der Waals surface area contributed by atoms with Crippen LogP contribution in [0.1, 0.15) is 0 Å². The lowest BCUT2D eigenvalue weighted by atomic mass is 10.1. The highest BCUT2D eigenvalue weighted by Gasteiger charge is 2.22. The molecule has 5 nitrogen and oxygen atoms in total. The number of rotatable bonds is 3. The molecule has 5 heteroatoms. The SMILES string of the molecule is c1ccc(-n2c3ccccc3c3cc(-c4nc(-n5c6ccccc6c6ccccc65)c5c(n4)oc4ccccc45)ccc32)cc1. The van der Waals surface area contributed by atoms with E-state index in [0.717, 1.165) is 60.9 Å². The fourth-order valence-corrected chi connectivity index (χ4v) is 7.01. The molecule has 0 N–H and O–H groups in total. The highest BCUT2D eigenvalue weighted by atomic mass is 16.3. The summed E-state index contributed by atoms with van der Waals surface area (Å²) < 4.78 is 11.0. The highest BCUT2D eigenvalue weighted by Crippen LogP contribution is 2.39. The number of aromatic nitrogens is 4. The third-order valence-electron chi connectivity index (χ3n) is 8.96. The fraction of sp³-hybridized carbons (Fsp3) is 0. The molecule has 0 unspecified atom stereocenters. The molecule has 10 rings (SSSR count). The van der Waals surface area contributed by atoms with E-state index >= 15 is 0 Å². The molecule has 0 bridgehead atoms. The van der Waals surface area contributed by atoms with E-state index in [2.05, 4.69) is 137 Å². The van der Waals surface area contributed by atoms with Gasteiger partial charge in [-0.1, -0.05) is 91.0 Å². The lowest BCUT2D eigenvalue weighted by Crippen LogP contribution is -2.02. The Morgan fingerprint density at radius 1 is 0.444 bits per heavy atom. The van der Waals surface area contributed by atoms with E-state index in [-0.39, 0.29) is 0 Å². The Labute approximate surface area is 257 Å². The van der Waals surface area contributed by atoms with E-state index in [1.165, 1.54) is 16.2 Å². The smallest absolute Gasteiger partial charge is 0.233 e. The molecule has 4 heterocycles. The minimum absolute atomic E-state index is 0.574. The van der Waals surface area contributed by atoms with Gasteiger partial charge in [-0.15, -0.1) is 0 Å². The third kappa shape index (κ3) is 3.43. The van der Waals surface area contributed by atoms with E-state index in [9.17, 15) is 0 Å². The van der Waals surface area contributed by atoms with Crippen molar-refractivity contribution >= 4 is 65.7 Å². The molecule has 0 radical (unpaired) electrons. The molecule has 0 aliphatic carbocycles. The van der Waals surface area contributed by atoms with Crippen LogP contribution in [0.15, 0.2) is 150 Å². The Morgan fingerprint density at radius 3 is 1.71 bits per heavy atom. The van der Waals surface area contributed by atoms with Gasteiger partial charge in [-0.05, 0) is 54.6 Å². The van der Waals surface area contributed by atoms with Gasteiger partial charge in [0.25, 0.3) is 0 Å². The molecule has 0 aliphatic heterocycles. The summed E-state index contributed by atoms with van der Waals surface area (Å²) in [5.74, 6) is 1.43. The maximum Gasteiger partial charge on any atom is 0.233 e. The first-order chi connectivity index (χ1) is 22.3. The summed E-state index contributed by atoms with van der Waals surface area (Å²) >= 11 is 0. The van der Waals surface area contributed by atoms with Gasteiger partial charge in [0.2, 0.25) is 5.71 Å². The van der Waals surface area contributed by atoms with Gasteiger partial charge in [0.05, 0.1) is 27.5 Å². The highest BCUT2D eigenvalue weighted by molar-refractivity contribution is 6.14. The van der Waals surface area contributed by atoms with Crippen molar-refractivity contribution in [2.75, 3.05) is 0 Å². The maximum atomic E-state index is 6.43. The second-order valence-electron chi connectivity index (χ2n) is 11.4. The number of para-hydroxylation sites is 5. The van der Waals surface area contributed by atoms with Crippen molar-refractivity contribution in [2.45, 2.75) is 0 Å². The minimum atomic E-state index is 0.574. The molecule has 0 aliphatic rings. The van der Waals surface area contributed by atoms with Gasteiger partial charge in [-0.3, -0.25) is 4.57 Å². The van der Waals surface area contributed by atoms with Crippen LogP contribution in [-0.2, 0) is 0 Å². The number of hydrogen-bond donors (Lipinski definition) is 0. The van der Waals surface area contributed by atoms with Gasteiger partial charge in [0, 0.05) is 38.2 Å². The number of hydrogen-bond acceptors (Lipinski definition) is 3. The van der Waals surface area contributed by atoms with E-state index in [0.29, 0.717) is 11.5 Å². The summed E-state index contributed by atoms with van der Waals surface area (Å²) in [7, 11) is 0. The monoisotopic (exact) mass is 576 g/mol. The van der Waals surface area contributed by atoms with Crippen molar-refractivity contribution in [3.8, 4) is 22.9 Å². The average molecular weight is 577 g/mol. The number of fused-ring (bicyclic) bond motifs is 9. The summed E-state index contributed by atoms with van der Waals surface area (Å²) in [4.78, 5) is 10.4. The second-order valence-corrected chi connectivity index (χ2v) is 11.4. The Bertz CT molecular complexity index is 2710. The topological polar surface area (TPSA) is 48.8 Å². The minimum Gasteiger partial charge on any atom is -0.437 e. The zero-order valence-electron chi connectivity index (χ0n) is 24.1. The molecule has 4 aromatic heterocycles. The zero-order chi connectivity index (χ0) is 29.5. The van der Waals surface area contributed by atoms with Crippen molar-refractivity contribution < 1.29 is 4.42 Å². The summed E-state index contributed by atoms with van der Waals surface area (Å²) in [5.41, 5.74) is 7.92. The molecular formula is C40H24N4O. The van der Waals surface area contributed by atoms with Crippen LogP contribution in [0.5, 0.6) is 0 Å². The van der Waals surface area contributed by atoms with Crippen molar-refractivity contribution in [3.63, 3.8) is 0 Å². The molecular weight excluding hydrogens is 552 g/mol. The van der Waals surface area contributed by atoms with E-state index in [1.54, 1.807) is 0 Å². The number of benzene rings is 6. The van der Waals surface area contributed by atoms with Crippen LogP contribution in [0.3, 0.4) is 0 Å². The third-order valence-corrected chi connectivity index (χ3v) is 8.96. The van der Waals surface area contributed by atoms with Crippen LogP contribution in [-0.4, -0.2) is 19.1 Å². The Hall–Kier alpha value is -6.20. The molecule has 0 atom stereocenters. The molecule has 10 aromatic rings. The Morgan fingerprint density at radius 2 is 1.00 bits per heavy atom. The van der Waals surface area contributed by atoms with Crippen LogP contribution in [0.4, 0.5) is 0 Å². The molecule has 210 valence electrons. The maximum absolute atomic E-state index is 6.43. The molecule has 0 saturated carbocycles. The van der Waals surface area contributed by atoms with Crippen LogP contribution >= 0.6 is 0 Å². The van der Waals surface area contributed by atoms with Crippen LogP contribution in [0, 0.1) is 0 Å². The standard InChI is InChI=1S/C40H24N4O/c1-2-12-26(13-3-1)43-32-18-8-6-16-29(32)31-24-25(22-23-35(31)43)38-41-39(37-30-17-7-11-21-36(30)45-40(37)42-38)44-33-19-9-4-14-27(33)28-15-5-10-20-34(28)44/h1-24H. The molecule has 0 amide bonds. The largest absolute Gasteiger partial charge is 0.437 e. The predicted molar refractivity (Wildman–Crippen MR) is 183 cm³/mol. The van der Waals surface area contributed by atoms with Crippen molar-refractivity contribution in [1.29, 1.82) is 0 Å². The quantitative estimate of drug-likeness (QED) is 0.210. The van der Waals surface area contributed by atoms with Gasteiger partial charge >= 0.3 is 0 Å². The van der Waals surface area contributed by atoms with Crippen LogP contribution in [0.25, 0.3) is 88.6 Å². The van der Waals surface area contributed by atoms with Crippen molar-refractivity contribution in [2.24, 2.45) is 0 Å². The first-order valence-electron chi connectivity index (χ1n) is 15.1. The summed E-state index contributed by atoms with van der Waals surface area (Å²) in [6.45, 7) is 0. The van der Waals surface area contributed by atoms with Crippen molar-refractivity contribution in [3.05, 3.63) is 146 Å². The molecule has 0 saturated heterocycles.